The SMILES string of the molecule is COC(C)(C)CNc1ccc(C(N)=O)nn1. The summed E-state index contributed by atoms with van der Waals surface area (Å²) in [4.78, 5) is 10.8. The van der Waals surface area contributed by atoms with Crippen molar-refractivity contribution in [1.82, 2.24) is 10.2 Å². The topological polar surface area (TPSA) is 90.1 Å². The van der Waals surface area contributed by atoms with Crippen LogP contribution in [0.2, 0.25) is 0 Å². The Bertz CT molecular complexity index is 362. The number of ether oxygens (including phenoxy) is 1. The van der Waals surface area contributed by atoms with Crippen LogP contribution in [0.5, 0.6) is 0 Å². The average molecular weight is 224 g/mol. The third-order valence-electron chi connectivity index (χ3n) is 2.16. The van der Waals surface area contributed by atoms with Crippen molar-refractivity contribution < 1.29 is 9.53 Å². The normalized spacial score (nSPS) is 11.2. The van der Waals surface area contributed by atoms with Gasteiger partial charge in [0, 0.05) is 13.7 Å². The molecule has 0 aliphatic carbocycles. The van der Waals surface area contributed by atoms with Crippen molar-refractivity contribution in [3.8, 4) is 0 Å². The van der Waals surface area contributed by atoms with E-state index in [0.29, 0.717) is 12.4 Å². The van der Waals surface area contributed by atoms with E-state index in [-0.39, 0.29) is 11.3 Å². The molecule has 1 aromatic rings. The number of nitrogens with two attached hydrogens (primary N) is 1. The Morgan fingerprint density at radius 3 is 2.62 bits per heavy atom. The van der Waals surface area contributed by atoms with E-state index < -0.39 is 5.91 Å². The van der Waals surface area contributed by atoms with Crippen LogP contribution >= 0.6 is 0 Å². The van der Waals surface area contributed by atoms with Gasteiger partial charge in [-0.25, -0.2) is 0 Å². The third kappa shape index (κ3) is 3.47. The van der Waals surface area contributed by atoms with Crippen LogP contribution < -0.4 is 11.1 Å². The summed E-state index contributed by atoms with van der Waals surface area (Å²) in [5.74, 6) is -0.00797. The maximum absolute atomic E-state index is 10.8. The molecule has 88 valence electrons. The number of nitrogens with one attached hydrogen (secondary N) is 1. The summed E-state index contributed by atoms with van der Waals surface area (Å²) in [6, 6.07) is 3.18. The molecule has 1 rings (SSSR count). The molecular formula is C10H16N4O2. The largest absolute Gasteiger partial charge is 0.377 e. The summed E-state index contributed by atoms with van der Waals surface area (Å²) in [7, 11) is 1.64. The number of carbonyl (C=O) groups is 1. The van der Waals surface area contributed by atoms with Crippen molar-refractivity contribution in [2.45, 2.75) is 19.4 Å². The molecule has 0 aliphatic heterocycles. The zero-order chi connectivity index (χ0) is 12.2. The highest BCUT2D eigenvalue weighted by molar-refractivity contribution is 5.90. The van der Waals surface area contributed by atoms with E-state index in [0.717, 1.165) is 0 Å². The lowest BCUT2D eigenvalue weighted by atomic mass is 10.1. The number of nitrogens with zero attached hydrogens (tertiary/aromatic N) is 2. The molecule has 0 fully saturated rings. The molecule has 0 saturated carbocycles. The Labute approximate surface area is 94.2 Å². The van der Waals surface area contributed by atoms with Gasteiger partial charge in [0.25, 0.3) is 5.91 Å². The average Bonchev–Trinajstić information content (AvgIpc) is 2.27. The van der Waals surface area contributed by atoms with E-state index in [1.165, 1.54) is 6.07 Å². The molecule has 0 aromatic carbocycles. The lowest BCUT2D eigenvalue weighted by molar-refractivity contribution is 0.0343. The van der Waals surface area contributed by atoms with E-state index in [2.05, 4.69) is 15.5 Å². The van der Waals surface area contributed by atoms with Gasteiger partial charge in [-0.3, -0.25) is 4.79 Å². The number of anilines is 1. The highest BCUT2D eigenvalue weighted by Crippen LogP contribution is 2.09. The van der Waals surface area contributed by atoms with Gasteiger partial charge >= 0.3 is 0 Å². The first-order chi connectivity index (χ1) is 7.44. The fourth-order valence-corrected chi connectivity index (χ4v) is 0.934. The summed E-state index contributed by atoms with van der Waals surface area (Å²) in [5.41, 5.74) is 4.91. The molecule has 0 spiro atoms. The highest BCUT2D eigenvalue weighted by Gasteiger charge is 2.15. The van der Waals surface area contributed by atoms with Gasteiger partial charge in [-0.05, 0) is 26.0 Å². The second-order valence-corrected chi connectivity index (χ2v) is 3.99. The Balaban J connectivity index is 2.59. The van der Waals surface area contributed by atoms with Crippen molar-refractivity contribution in [2.75, 3.05) is 19.0 Å². The molecule has 0 unspecified atom stereocenters. The zero-order valence-electron chi connectivity index (χ0n) is 9.65. The van der Waals surface area contributed by atoms with E-state index in [1.54, 1.807) is 13.2 Å². The monoisotopic (exact) mass is 224 g/mol. The highest BCUT2D eigenvalue weighted by atomic mass is 16.5. The molecule has 0 saturated heterocycles. The summed E-state index contributed by atoms with van der Waals surface area (Å²) in [5, 5.41) is 10.5. The fourth-order valence-electron chi connectivity index (χ4n) is 0.934. The van der Waals surface area contributed by atoms with Gasteiger partial charge in [-0.2, -0.15) is 0 Å². The quantitative estimate of drug-likeness (QED) is 0.756. The van der Waals surface area contributed by atoms with E-state index in [1.807, 2.05) is 13.8 Å². The number of methoxy groups -OCH3 is 1. The van der Waals surface area contributed by atoms with Gasteiger partial charge in [-0.1, -0.05) is 0 Å². The van der Waals surface area contributed by atoms with E-state index in [9.17, 15) is 4.79 Å². The number of carbonyl (C=O) groups excluding carboxylic acids is 1. The Hall–Kier alpha value is -1.69. The molecule has 1 heterocycles. The van der Waals surface area contributed by atoms with Crippen molar-refractivity contribution in [2.24, 2.45) is 5.73 Å². The van der Waals surface area contributed by atoms with Crippen LogP contribution in [0.15, 0.2) is 12.1 Å². The second kappa shape index (κ2) is 4.89. The molecule has 0 aliphatic rings. The molecule has 6 nitrogen and oxygen atoms in total. The first-order valence-corrected chi connectivity index (χ1v) is 4.87. The van der Waals surface area contributed by atoms with Gasteiger partial charge in [0.15, 0.2) is 5.69 Å². The van der Waals surface area contributed by atoms with Crippen LogP contribution in [0.4, 0.5) is 5.82 Å². The second-order valence-electron chi connectivity index (χ2n) is 3.99. The van der Waals surface area contributed by atoms with Crippen LogP contribution in [-0.4, -0.2) is 35.4 Å². The van der Waals surface area contributed by atoms with Crippen molar-refractivity contribution in [1.29, 1.82) is 0 Å². The minimum absolute atomic E-state index is 0.150. The van der Waals surface area contributed by atoms with Gasteiger partial charge in [0.1, 0.15) is 5.82 Å². The van der Waals surface area contributed by atoms with E-state index in [4.69, 9.17) is 10.5 Å². The van der Waals surface area contributed by atoms with Crippen LogP contribution in [0.1, 0.15) is 24.3 Å². The van der Waals surface area contributed by atoms with Crippen molar-refractivity contribution in [3.63, 3.8) is 0 Å². The number of hydrogen-bond donors (Lipinski definition) is 2. The van der Waals surface area contributed by atoms with Crippen LogP contribution in [0.3, 0.4) is 0 Å². The summed E-state index contributed by atoms with van der Waals surface area (Å²) in [6.45, 7) is 4.49. The molecule has 3 N–H and O–H groups in total. The number of aromatic nitrogens is 2. The smallest absolute Gasteiger partial charge is 0.269 e. The maximum Gasteiger partial charge on any atom is 0.269 e. The minimum atomic E-state index is -0.587. The van der Waals surface area contributed by atoms with Crippen molar-refractivity contribution in [3.05, 3.63) is 17.8 Å². The Morgan fingerprint density at radius 2 is 2.19 bits per heavy atom. The lowest BCUT2D eigenvalue weighted by Gasteiger charge is -2.23. The molecule has 0 atom stereocenters. The summed E-state index contributed by atoms with van der Waals surface area (Å²) >= 11 is 0. The Morgan fingerprint density at radius 1 is 1.50 bits per heavy atom. The van der Waals surface area contributed by atoms with Crippen LogP contribution in [0.25, 0.3) is 0 Å². The maximum atomic E-state index is 10.8. The molecule has 1 aromatic heterocycles. The van der Waals surface area contributed by atoms with Gasteiger partial charge in [0.05, 0.1) is 5.60 Å². The first kappa shape index (κ1) is 12.4. The van der Waals surface area contributed by atoms with Gasteiger partial charge in [-0.15, -0.1) is 10.2 Å². The first-order valence-electron chi connectivity index (χ1n) is 4.87. The van der Waals surface area contributed by atoms with Crippen LogP contribution in [0, 0.1) is 0 Å². The summed E-state index contributed by atoms with van der Waals surface area (Å²) < 4.78 is 5.24. The minimum Gasteiger partial charge on any atom is -0.377 e. The zero-order valence-corrected chi connectivity index (χ0v) is 9.65. The predicted molar refractivity (Wildman–Crippen MR) is 60.1 cm³/mol. The molecule has 0 radical (unpaired) electrons. The number of amides is 1. The van der Waals surface area contributed by atoms with Gasteiger partial charge < -0.3 is 15.8 Å². The molecule has 6 heteroatoms. The van der Waals surface area contributed by atoms with E-state index >= 15 is 0 Å². The lowest BCUT2D eigenvalue weighted by Crippen LogP contribution is -2.32. The molecule has 0 bridgehead atoms. The summed E-state index contributed by atoms with van der Waals surface area (Å²) in [6.07, 6.45) is 0. The molecule has 16 heavy (non-hydrogen) atoms. The standard InChI is InChI=1S/C10H16N4O2/c1-10(2,16-3)6-12-8-5-4-7(9(11)15)13-14-8/h4-5H,6H2,1-3H3,(H2,11,15)(H,12,14). The van der Waals surface area contributed by atoms with Gasteiger partial charge in [0.2, 0.25) is 0 Å². The number of rotatable bonds is 5. The molecule has 1 amide bonds. The number of hydrogen-bond acceptors (Lipinski definition) is 5. The fraction of sp³-hybridized carbons (Fsp3) is 0.500. The molecular weight excluding hydrogens is 208 g/mol. The third-order valence-corrected chi connectivity index (χ3v) is 2.16. The van der Waals surface area contributed by atoms with Crippen molar-refractivity contribution >= 4 is 11.7 Å². The Kier molecular flexibility index (Phi) is 3.78. The van der Waals surface area contributed by atoms with Crippen LogP contribution in [-0.2, 0) is 4.74 Å². The predicted octanol–water partition coefficient (Wildman–Crippen LogP) is 0.412. The number of primary amides is 1.